The molecular formula is C19H20N2O2S. The summed E-state index contributed by atoms with van der Waals surface area (Å²) in [7, 11) is 0. The van der Waals surface area contributed by atoms with Gasteiger partial charge in [0.15, 0.2) is 0 Å². The Morgan fingerprint density at radius 1 is 1.25 bits per heavy atom. The molecule has 0 radical (unpaired) electrons. The lowest BCUT2D eigenvalue weighted by Gasteiger charge is -2.14. The molecule has 0 fully saturated rings. The van der Waals surface area contributed by atoms with Crippen LogP contribution < -0.4 is 10.9 Å². The second-order valence-electron chi connectivity index (χ2n) is 5.79. The van der Waals surface area contributed by atoms with Gasteiger partial charge in [-0.3, -0.25) is 9.59 Å². The number of thiophene rings is 1. The molecule has 0 bridgehead atoms. The minimum atomic E-state index is -0.193. The molecular weight excluding hydrogens is 320 g/mol. The number of benzene rings is 1. The van der Waals surface area contributed by atoms with Gasteiger partial charge in [0, 0.05) is 22.3 Å². The molecule has 3 aromatic rings. The maximum atomic E-state index is 12.8. The average molecular weight is 340 g/mol. The molecule has 1 N–H and O–H groups in total. The molecule has 2 aromatic heterocycles. The summed E-state index contributed by atoms with van der Waals surface area (Å²) in [4.78, 5) is 26.3. The van der Waals surface area contributed by atoms with E-state index in [9.17, 15) is 9.59 Å². The highest BCUT2D eigenvalue weighted by Gasteiger charge is 2.21. The average Bonchev–Trinajstić information content (AvgIpc) is 2.93. The number of fused-ring (bicyclic) bond motifs is 1. The van der Waals surface area contributed by atoms with Crippen molar-refractivity contribution in [3.05, 3.63) is 69.0 Å². The molecule has 3 rings (SSSR count). The number of hydrogen-bond donors (Lipinski definition) is 1. The van der Waals surface area contributed by atoms with Crippen molar-refractivity contribution >= 4 is 27.3 Å². The minimum Gasteiger partial charge on any atom is -0.345 e. The Kier molecular flexibility index (Phi) is 4.53. The summed E-state index contributed by atoms with van der Waals surface area (Å²) in [5, 5.41) is 3.54. The van der Waals surface area contributed by atoms with Gasteiger partial charge in [-0.2, -0.15) is 0 Å². The zero-order valence-electron chi connectivity index (χ0n) is 14.0. The van der Waals surface area contributed by atoms with Crippen LogP contribution in [-0.2, 0) is 6.54 Å². The third kappa shape index (κ3) is 2.87. The molecule has 0 spiro atoms. The van der Waals surface area contributed by atoms with Gasteiger partial charge in [-0.1, -0.05) is 30.3 Å². The van der Waals surface area contributed by atoms with Crippen LogP contribution in [0.15, 0.2) is 47.4 Å². The van der Waals surface area contributed by atoms with E-state index < -0.39 is 0 Å². The van der Waals surface area contributed by atoms with E-state index in [1.807, 2.05) is 57.2 Å². The van der Waals surface area contributed by atoms with Gasteiger partial charge in [-0.25, -0.2) is 0 Å². The van der Waals surface area contributed by atoms with E-state index in [-0.39, 0.29) is 17.5 Å². The molecule has 5 heteroatoms. The van der Waals surface area contributed by atoms with Gasteiger partial charge in [-0.15, -0.1) is 11.3 Å². The number of aromatic nitrogens is 1. The zero-order chi connectivity index (χ0) is 17.3. The lowest BCUT2D eigenvalue weighted by molar-refractivity contribution is 0.0941. The predicted molar refractivity (Wildman–Crippen MR) is 98.8 cm³/mol. The SMILES string of the molecule is CCn1ccc2sc(C)c(C(=O)N[C@H](C)c3ccccc3)c2c1=O. The van der Waals surface area contributed by atoms with Crippen LogP contribution in [0.3, 0.4) is 0 Å². The van der Waals surface area contributed by atoms with Crippen molar-refractivity contribution in [1.29, 1.82) is 0 Å². The zero-order valence-corrected chi connectivity index (χ0v) is 14.8. The van der Waals surface area contributed by atoms with Gasteiger partial charge in [0.2, 0.25) is 0 Å². The van der Waals surface area contributed by atoms with Crippen molar-refractivity contribution in [3.8, 4) is 0 Å². The van der Waals surface area contributed by atoms with E-state index in [4.69, 9.17) is 0 Å². The quantitative estimate of drug-likeness (QED) is 0.783. The Morgan fingerprint density at radius 3 is 2.62 bits per heavy atom. The van der Waals surface area contributed by atoms with E-state index in [1.165, 1.54) is 11.3 Å². The van der Waals surface area contributed by atoms with Crippen molar-refractivity contribution in [1.82, 2.24) is 9.88 Å². The first kappa shape index (κ1) is 16.5. The first-order chi connectivity index (χ1) is 11.5. The normalized spacial score (nSPS) is 12.3. The lowest BCUT2D eigenvalue weighted by Crippen LogP contribution is -2.28. The number of carbonyl (C=O) groups is 1. The van der Waals surface area contributed by atoms with Gasteiger partial charge >= 0.3 is 0 Å². The summed E-state index contributed by atoms with van der Waals surface area (Å²) in [5.74, 6) is -0.193. The highest BCUT2D eigenvalue weighted by Crippen LogP contribution is 2.28. The molecule has 0 unspecified atom stereocenters. The first-order valence-corrected chi connectivity index (χ1v) is 8.83. The van der Waals surface area contributed by atoms with Crippen LogP contribution in [0.4, 0.5) is 0 Å². The van der Waals surface area contributed by atoms with Crippen LogP contribution in [-0.4, -0.2) is 10.5 Å². The molecule has 1 atom stereocenters. The number of amides is 1. The molecule has 2 heterocycles. The van der Waals surface area contributed by atoms with Crippen molar-refractivity contribution in [3.63, 3.8) is 0 Å². The van der Waals surface area contributed by atoms with Crippen LogP contribution in [0.2, 0.25) is 0 Å². The summed E-state index contributed by atoms with van der Waals surface area (Å²) >= 11 is 1.49. The Hall–Kier alpha value is -2.40. The number of carbonyl (C=O) groups excluding carboxylic acids is 1. The number of nitrogens with one attached hydrogen (secondary N) is 1. The maximum Gasteiger partial charge on any atom is 0.260 e. The first-order valence-electron chi connectivity index (χ1n) is 8.01. The summed E-state index contributed by atoms with van der Waals surface area (Å²) in [6.07, 6.45) is 1.79. The van der Waals surface area contributed by atoms with E-state index in [0.717, 1.165) is 15.1 Å². The van der Waals surface area contributed by atoms with Crippen LogP contribution in [0.25, 0.3) is 10.1 Å². The summed E-state index contributed by atoms with van der Waals surface area (Å²) in [5.41, 5.74) is 1.44. The predicted octanol–water partition coefficient (Wildman–Crippen LogP) is 3.88. The number of aryl methyl sites for hydroxylation is 2. The summed E-state index contributed by atoms with van der Waals surface area (Å²) in [6.45, 7) is 6.35. The van der Waals surface area contributed by atoms with Gasteiger partial charge in [0.1, 0.15) is 0 Å². The number of pyridine rings is 1. The minimum absolute atomic E-state index is 0.100. The second-order valence-corrected chi connectivity index (χ2v) is 7.04. The molecule has 0 saturated heterocycles. The van der Waals surface area contributed by atoms with Crippen molar-refractivity contribution in [2.24, 2.45) is 0 Å². The molecule has 4 nitrogen and oxygen atoms in total. The third-order valence-electron chi connectivity index (χ3n) is 4.21. The largest absolute Gasteiger partial charge is 0.345 e. The van der Waals surface area contributed by atoms with Gasteiger partial charge in [0.25, 0.3) is 11.5 Å². The topological polar surface area (TPSA) is 51.1 Å². The smallest absolute Gasteiger partial charge is 0.260 e. The molecule has 1 amide bonds. The molecule has 1 aromatic carbocycles. The molecule has 0 aliphatic rings. The van der Waals surface area contributed by atoms with Gasteiger partial charge < -0.3 is 9.88 Å². The maximum absolute atomic E-state index is 12.8. The van der Waals surface area contributed by atoms with E-state index in [1.54, 1.807) is 10.8 Å². The Labute approximate surface area is 144 Å². The number of hydrogen-bond acceptors (Lipinski definition) is 3. The van der Waals surface area contributed by atoms with Gasteiger partial charge in [-0.05, 0) is 32.4 Å². The molecule has 124 valence electrons. The lowest BCUT2D eigenvalue weighted by atomic mass is 10.1. The van der Waals surface area contributed by atoms with Crippen LogP contribution in [0.1, 0.15) is 40.7 Å². The molecule has 0 saturated carbocycles. The van der Waals surface area contributed by atoms with Crippen molar-refractivity contribution in [2.75, 3.05) is 0 Å². The van der Waals surface area contributed by atoms with E-state index in [0.29, 0.717) is 17.5 Å². The van der Waals surface area contributed by atoms with Gasteiger partial charge in [0.05, 0.1) is 17.0 Å². The fourth-order valence-electron chi connectivity index (χ4n) is 2.88. The van der Waals surface area contributed by atoms with Crippen molar-refractivity contribution in [2.45, 2.75) is 33.4 Å². The van der Waals surface area contributed by atoms with Crippen LogP contribution >= 0.6 is 11.3 Å². The number of rotatable bonds is 4. The Balaban J connectivity index is 2.01. The van der Waals surface area contributed by atoms with Crippen LogP contribution in [0.5, 0.6) is 0 Å². The van der Waals surface area contributed by atoms with Crippen molar-refractivity contribution < 1.29 is 4.79 Å². The highest BCUT2D eigenvalue weighted by molar-refractivity contribution is 7.19. The summed E-state index contributed by atoms with van der Waals surface area (Å²) < 4.78 is 2.49. The fourth-order valence-corrected chi connectivity index (χ4v) is 3.93. The summed E-state index contributed by atoms with van der Waals surface area (Å²) in [6, 6.07) is 11.6. The van der Waals surface area contributed by atoms with E-state index in [2.05, 4.69) is 5.32 Å². The van der Waals surface area contributed by atoms with E-state index >= 15 is 0 Å². The molecule has 0 aliphatic carbocycles. The second kappa shape index (κ2) is 6.61. The molecule has 24 heavy (non-hydrogen) atoms. The number of nitrogens with zero attached hydrogens (tertiary/aromatic N) is 1. The van der Waals surface area contributed by atoms with Crippen LogP contribution in [0, 0.1) is 6.92 Å². The molecule has 0 aliphatic heterocycles. The standard InChI is InChI=1S/C19H20N2O2S/c1-4-21-11-10-15-17(19(21)23)16(13(3)24-15)18(22)20-12(2)14-8-6-5-7-9-14/h5-12H,4H2,1-3H3,(H,20,22)/t12-/m1/s1. The third-order valence-corrected chi connectivity index (χ3v) is 5.28. The Bertz CT molecular complexity index is 941. The fraction of sp³-hybridized carbons (Fsp3) is 0.263. The Morgan fingerprint density at radius 2 is 1.96 bits per heavy atom. The highest BCUT2D eigenvalue weighted by atomic mass is 32.1. The monoisotopic (exact) mass is 340 g/mol.